The first-order valence-corrected chi connectivity index (χ1v) is 10.3. The Morgan fingerprint density at radius 1 is 1.03 bits per heavy atom. The van der Waals surface area contributed by atoms with Crippen LogP contribution in [-0.2, 0) is 29.0 Å². The average Bonchev–Trinajstić information content (AvgIpc) is 3.19. The van der Waals surface area contributed by atoms with Crippen LogP contribution in [0, 0.1) is 5.92 Å². The third kappa shape index (κ3) is 5.34. The fraction of sp³-hybridized carbons (Fsp3) is 0.524. The highest BCUT2D eigenvalue weighted by Gasteiger charge is 2.23. The molecule has 154 valence electrons. The molecule has 0 saturated carbocycles. The standard InChI is InChI=1S/C21H27N5O3/c27-20-13-16-1-4-19(5-2-16)29-12-11-26-15-18(23-24-26)3-6-21(28)25-9-7-17(8-10-25)14-22-20/h1-2,4-5,15,17H,3,6-14H2,(H,22,27). The molecule has 4 aliphatic heterocycles. The molecule has 2 aromatic rings. The molecule has 1 saturated heterocycles. The number of fused-ring (bicyclic) bond motifs is 2. The predicted molar refractivity (Wildman–Crippen MR) is 106 cm³/mol. The number of amides is 2. The van der Waals surface area contributed by atoms with Crippen LogP contribution in [-0.4, -0.2) is 57.9 Å². The molecule has 6 bridgehead atoms. The summed E-state index contributed by atoms with van der Waals surface area (Å²) >= 11 is 0. The fourth-order valence-corrected chi connectivity index (χ4v) is 3.81. The summed E-state index contributed by atoms with van der Waals surface area (Å²) in [6, 6.07) is 7.63. The summed E-state index contributed by atoms with van der Waals surface area (Å²) in [6.45, 7) is 3.23. The second kappa shape index (κ2) is 9.07. The van der Waals surface area contributed by atoms with Crippen LogP contribution in [0.1, 0.15) is 30.5 Å². The van der Waals surface area contributed by atoms with Crippen molar-refractivity contribution in [3.05, 3.63) is 41.7 Å². The van der Waals surface area contributed by atoms with Crippen molar-refractivity contribution in [3.63, 3.8) is 0 Å². The monoisotopic (exact) mass is 397 g/mol. The van der Waals surface area contributed by atoms with Crippen molar-refractivity contribution in [1.29, 1.82) is 0 Å². The van der Waals surface area contributed by atoms with Gasteiger partial charge in [-0.15, -0.1) is 5.10 Å². The Labute approximate surface area is 170 Å². The Balaban J connectivity index is 1.43. The van der Waals surface area contributed by atoms with Crippen LogP contribution in [0.4, 0.5) is 0 Å². The van der Waals surface area contributed by atoms with E-state index in [0.29, 0.717) is 44.9 Å². The lowest BCUT2D eigenvalue weighted by Gasteiger charge is -2.32. The minimum Gasteiger partial charge on any atom is -0.492 e. The van der Waals surface area contributed by atoms with Gasteiger partial charge in [-0.3, -0.25) is 9.59 Å². The second-order valence-electron chi connectivity index (χ2n) is 7.77. The predicted octanol–water partition coefficient (Wildman–Crippen LogP) is 1.20. The molecule has 0 atom stereocenters. The topological polar surface area (TPSA) is 89.4 Å². The van der Waals surface area contributed by atoms with Gasteiger partial charge in [-0.05, 0) is 36.5 Å². The SMILES string of the molecule is O=C1Cc2ccc(cc2)OCCn2cc(nn2)CCC(=O)N2CCC(CC2)CN1. The van der Waals surface area contributed by atoms with Crippen LogP contribution in [0.25, 0.3) is 0 Å². The van der Waals surface area contributed by atoms with E-state index in [2.05, 4.69) is 15.6 Å². The van der Waals surface area contributed by atoms with Crippen molar-refractivity contribution in [1.82, 2.24) is 25.2 Å². The molecule has 6 rings (SSSR count). The molecule has 8 nitrogen and oxygen atoms in total. The van der Waals surface area contributed by atoms with Gasteiger partial charge in [0.2, 0.25) is 11.8 Å². The highest BCUT2D eigenvalue weighted by molar-refractivity contribution is 5.78. The highest BCUT2D eigenvalue weighted by Crippen LogP contribution is 2.18. The zero-order chi connectivity index (χ0) is 20.1. The molecule has 0 spiro atoms. The zero-order valence-electron chi connectivity index (χ0n) is 16.5. The summed E-state index contributed by atoms with van der Waals surface area (Å²) in [6.07, 6.45) is 5.13. The largest absolute Gasteiger partial charge is 0.492 e. The van der Waals surface area contributed by atoms with E-state index in [0.717, 1.165) is 42.9 Å². The molecule has 1 fully saturated rings. The highest BCUT2D eigenvalue weighted by atomic mass is 16.5. The lowest BCUT2D eigenvalue weighted by atomic mass is 9.96. The van der Waals surface area contributed by atoms with Gasteiger partial charge >= 0.3 is 0 Å². The van der Waals surface area contributed by atoms with Crippen LogP contribution in [0.15, 0.2) is 30.5 Å². The van der Waals surface area contributed by atoms with E-state index in [1.807, 2.05) is 35.4 Å². The Morgan fingerprint density at radius 3 is 2.62 bits per heavy atom. The van der Waals surface area contributed by atoms with Crippen molar-refractivity contribution in [2.24, 2.45) is 5.92 Å². The molecule has 4 aliphatic rings. The molecule has 0 radical (unpaired) electrons. The van der Waals surface area contributed by atoms with Gasteiger partial charge in [0.15, 0.2) is 0 Å². The molecule has 0 unspecified atom stereocenters. The quantitative estimate of drug-likeness (QED) is 0.722. The maximum absolute atomic E-state index is 12.5. The molecule has 0 aliphatic carbocycles. The van der Waals surface area contributed by atoms with E-state index in [1.54, 1.807) is 4.68 Å². The van der Waals surface area contributed by atoms with Gasteiger partial charge < -0.3 is 15.0 Å². The van der Waals surface area contributed by atoms with E-state index in [4.69, 9.17) is 4.74 Å². The number of carbonyl (C=O) groups is 2. The number of nitrogens with one attached hydrogen (secondary N) is 1. The van der Waals surface area contributed by atoms with Crippen LogP contribution >= 0.6 is 0 Å². The van der Waals surface area contributed by atoms with E-state index in [9.17, 15) is 9.59 Å². The van der Waals surface area contributed by atoms with Crippen molar-refractivity contribution < 1.29 is 14.3 Å². The van der Waals surface area contributed by atoms with Crippen LogP contribution < -0.4 is 10.1 Å². The number of ether oxygens (including phenoxy) is 1. The first-order chi connectivity index (χ1) is 14.2. The summed E-state index contributed by atoms with van der Waals surface area (Å²) in [5.41, 5.74) is 1.79. The number of rotatable bonds is 0. The lowest BCUT2D eigenvalue weighted by Crippen LogP contribution is -2.41. The summed E-state index contributed by atoms with van der Waals surface area (Å²) in [4.78, 5) is 26.7. The minimum atomic E-state index is 0.0322. The number of hydrogen-bond donors (Lipinski definition) is 1. The van der Waals surface area contributed by atoms with Gasteiger partial charge in [0.1, 0.15) is 12.4 Å². The molecule has 29 heavy (non-hydrogen) atoms. The van der Waals surface area contributed by atoms with Gasteiger partial charge in [0, 0.05) is 38.7 Å². The molecule has 2 amide bonds. The van der Waals surface area contributed by atoms with E-state index < -0.39 is 0 Å². The van der Waals surface area contributed by atoms with Gasteiger partial charge in [0.25, 0.3) is 0 Å². The maximum atomic E-state index is 12.5. The van der Waals surface area contributed by atoms with Crippen molar-refractivity contribution in [3.8, 4) is 5.75 Å². The number of aromatic nitrogens is 3. The second-order valence-corrected chi connectivity index (χ2v) is 7.77. The average molecular weight is 397 g/mol. The molecular weight excluding hydrogens is 370 g/mol. The third-order valence-electron chi connectivity index (χ3n) is 5.61. The Hall–Kier alpha value is -2.90. The Kier molecular flexibility index (Phi) is 6.07. The first kappa shape index (κ1) is 19.4. The number of carbonyl (C=O) groups excluding carboxylic acids is 2. The number of benzene rings is 1. The summed E-state index contributed by atoms with van der Waals surface area (Å²) < 4.78 is 7.50. The number of hydrogen-bond acceptors (Lipinski definition) is 5. The first-order valence-electron chi connectivity index (χ1n) is 10.3. The van der Waals surface area contributed by atoms with Crippen molar-refractivity contribution >= 4 is 11.8 Å². The van der Waals surface area contributed by atoms with Gasteiger partial charge in [0.05, 0.1) is 18.7 Å². The van der Waals surface area contributed by atoms with Crippen molar-refractivity contribution in [2.45, 2.75) is 38.6 Å². The van der Waals surface area contributed by atoms with Gasteiger partial charge in [-0.2, -0.15) is 0 Å². The third-order valence-corrected chi connectivity index (χ3v) is 5.61. The lowest BCUT2D eigenvalue weighted by molar-refractivity contribution is -0.132. The molecule has 1 N–H and O–H groups in total. The Bertz CT molecular complexity index is 840. The van der Waals surface area contributed by atoms with Crippen LogP contribution in [0.2, 0.25) is 0 Å². The van der Waals surface area contributed by atoms with Crippen LogP contribution in [0.5, 0.6) is 5.75 Å². The van der Waals surface area contributed by atoms with Crippen molar-refractivity contribution in [2.75, 3.05) is 26.2 Å². The normalized spacial score (nSPS) is 19.5. The molecule has 1 aromatic heterocycles. The zero-order valence-corrected chi connectivity index (χ0v) is 16.5. The van der Waals surface area contributed by atoms with E-state index in [1.165, 1.54) is 0 Å². The summed E-state index contributed by atoms with van der Waals surface area (Å²) in [5, 5.41) is 11.3. The number of nitrogens with zero attached hydrogens (tertiary/aromatic N) is 4. The fourth-order valence-electron chi connectivity index (χ4n) is 3.81. The number of piperidine rings is 1. The maximum Gasteiger partial charge on any atom is 0.224 e. The molecule has 1 aromatic carbocycles. The molecular formula is C21H27N5O3. The number of aryl methyl sites for hydroxylation is 1. The molecule has 5 heterocycles. The van der Waals surface area contributed by atoms with E-state index >= 15 is 0 Å². The smallest absolute Gasteiger partial charge is 0.224 e. The summed E-state index contributed by atoms with van der Waals surface area (Å²) in [7, 11) is 0. The van der Waals surface area contributed by atoms with Gasteiger partial charge in [-0.25, -0.2) is 4.68 Å². The molecule has 8 heteroatoms. The van der Waals surface area contributed by atoms with Gasteiger partial charge in [-0.1, -0.05) is 17.3 Å². The minimum absolute atomic E-state index is 0.0322. The van der Waals surface area contributed by atoms with Crippen LogP contribution in [0.3, 0.4) is 0 Å². The summed E-state index contributed by atoms with van der Waals surface area (Å²) in [5.74, 6) is 1.38. The van der Waals surface area contributed by atoms with E-state index in [-0.39, 0.29) is 11.8 Å². The Morgan fingerprint density at radius 2 is 1.83 bits per heavy atom.